The number of halogens is 1. The quantitative estimate of drug-likeness (QED) is 0.620. The Morgan fingerprint density at radius 1 is 1.59 bits per heavy atom. The monoisotopic (exact) mass is 341 g/mol. The number of aromatic nitrogens is 4. The molecule has 9 heteroatoms. The lowest BCUT2D eigenvalue weighted by atomic mass is 10.4. The summed E-state index contributed by atoms with van der Waals surface area (Å²) in [5.74, 6) is -0.238. The van der Waals surface area contributed by atoms with Crippen LogP contribution < -0.4 is 11.0 Å². The third-order valence-electron chi connectivity index (χ3n) is 2.84. The van der Waals surface area contributed by atoms with E-state index in [1.807, 2.05) is 6.92 Å². The second-order valence-corrected chi connectivity index (χ2v) is 6.22. The Hall–Kier alpha value is -1.80. The molecule has 0 aliphatic heterocycles. The molecule has 1 amide bonds. The lowest BCUT2D eigenvalue weighted by molar-refractivity contribution is -0.115. The van der Waals surface area contributed by atoms with E-state index in [0.29, 0.717) is 17.4 Å². The summed E-state index contributed by atoms with van der Waals surface area (Å²) in [6, 6.07) is 3.36. The summed E-state index contributed by atoms with van der Waals surface area (Å²) in [4.78, 5) is 27.7. The van der Waals surface area contributed by atoms with Gasteiger partial charge in [0.2, 0.25) is 5.91 Å². The lowest BCUT2D eigenvalue weighted by Crippen LogP contribution is -2.24. The summed E-state index contributed by atoms with van der Waals surface area (Å²) in [6.07, 6.45) is 2.35. The van der Waals surface area contributed by atoms with Gasteiger partial charge >= 0.3 is 5.69 Å². The van der Waals surface area contributed by atoms with Crippen molar-refractivity contribution in [2.75, 3.05) is 5.32 Å². The van der Waals surface area contributed by atoms with Crippen molar-refractivity contribution in [2.45, 2.75) is 37.2 Å². The van der Waals surface area contributed by atoms with Crippen molar-refractivity contribution in [3.05, 3.63) is 34.0 Å². The van der Waals surface area contributed by atoms with E-state index in [-0.39, 0.29) is 16.8 Å². The van der Waals surface area contributed by atoms with Crippen molar-refractivity contribution in [3.63, 3.8) is 0 Å². The number of carbonyl (C=O) groups excluding carboxylic acids is 1. The minimum Gasteiger partial charge on any atom is -0.322 e. The number of aromatic amines is 1. The second-order valence-electron chi connectivity index (χ2n) is 4.55. The van der Waals surface area contributed by atoms with E-state index in [9.17, 15) is 9.59 Å². The molecule has 22 heavy (non-hydrogen) atoms. The number of amides is 1. The molecule has 2 aromatic rings. The van der Waals surface area contributed by atoms with Gasteiger partial charge < -0.3 is 5.32 Å². The number of thioether (sulfide) groups is 1. The van der Waals surface area contributed by atoms with Gasteiger partial charge in [-0.25, -0.2) is 14.9 Å². The molecular weight excluding hydrogens is 326 g/mol. The molecule has 2 aromatic heterocycles. The molecule has 0 radical (unpaired) electrons. The van der Waals surface area contributed by atoms with Crippen molar-refractivity contribution in [1.82, 2.24) is 19.7 Å². The largest absolute Gasteiger partial charge is 0.343 e. The number of rotatable bonds is 6. The number of H-pyrrole nitrogens is 1. The average Bonchev–Trinajstić information content (AvgIpc) is 2.83. The lowest BCUT2D eigenvalue weighted by Gasteiger charge is -2.12. The Morgan fingerprint density at radius 2 is 2.36 bits per heavy atom. The Morgan fingerprint density at radius 3 is 3.05 bits per heavy atom. The predicted octanol–water partition coefficient (Wildman–Crippen LogP) is 2.15. The van der Waals surface area contributed by atoms with Gasteiger partial charge in [0.25, 0.3) is 0 Å². The molecule has 0 aromatic carbocycles. The molecule has 0 saturated heterocycles. The Bertz CT molecular complexity index is 714. The summed E-state index contributed by atoms with van der Waals surface area (Å²) < 4.78 is 1.52. The maximum Gasteiger partial charge on any atom is 0.343 e. The highest BCUT2D eigenvalue weighted by atomic mass is 35.5. The van der Waals surface area contributed by atoms with Crippen LogP contribution in [0.5, 0.6) is 0 Å². The van der Waals surface area contributed by atoms with Crippen LogP contribution in [0.15, 0.2) is 28.3 Å². The van der Waals surface area contributed by atoms with Gasteiger partial charge in [0.15, 0.2) is 10.3 Å². The molecule has 2 N–H and O–H groups in total. The molecule has 0 bridgehead atoms. The fourth-order valence-electron chi connectivity index (χ4n) is 1.74. The number of pyridine rings is 1. The highest BCUT2D eigenvalue weighted by molar-refractivity contribution is 8.00. The summed E-state index contributed by atoms with van der Waals surface area (Å²) in [5, 5.41) is 9.34. The van der Waals surface area contributed by atoms with E-state index in [1.165, 1.54) is 16.3 Å². The molecule has 1 unspecified atom stereocenters. The third-order valence-corrected chi connectivity index (χ3v) is 4.23. The molecule has 0 spiro atoms. The van der Waals surface area contributed by atoms with E-state index in [2.05, 4.69) is 20.5 Å². The minimum absolute atomic E-state index is 0.232. The van der Waals surface area contributed by atoms with Crippen LogP contribution in [-0.4, -0.2) is 30.9 Å². The summed E-state index contributed by atoms with van der Waals surface area (Å²) >= 11 is 7.12. The van der Waals surface area contributed by atoms with Gasteiger partial charge in [-0.15, -0.1) is 5.10 Å². The summed E-state index contributed by atoms with van der Waals surface area (Å²) in [5.41, 5.74) is 0.182. The number of hydrogen-bond acceptors (Lipinski definition) is 5. The fraction of sp³-hybridized carbons (Fsp3) is 0.385. The summed E-state index contributed by atoms with van der Waals surface area (Å²) in [7, 11) is 0. The van der Waals surface area contributed by atoms with Crippen LogP contribution in [0.4, 0.5) is 5.69 Å². The van der Waals surface area contributed by atoms with Crippen LogP contribution in [-0.2, 0) is 11.3 Å². The topological polar surface area (TPSA) is 92.7 Å². The van der Waals surface area contributed by atoms with Crippen molar-refractivity contribution in [2.24, 2.45) is 0 Å². The van der Waals surface area contributed by atoms with Crippen LogP contribution in [0, 0.1) is 0 Å². The fourth-order valence-corrected chi connectivity index (χ4v) is 2.79. The average molecular weight is 342 g/mol. The first-order valence-corrected chi connectivity index (χ1v) is 8.02. The zero-order chi connectivity index (χ0) is 16.1. The molecule has 0 aliphatic rings. The van der Waals surface area contributed by atoms with E-state index in [0.717, 1.165) is 6.42 Å². The van der Waals surface area contributed by atoms with Crippen molar-refractivity contribution in [3.8, 4) is 0 Å². The highest BCUT2D eigenvalue weighted by Crippen LogP contribution is 2.23. The van der Waals surface area contributed by atoms with Crippen molar-refractivity contribution >= 4 is 35.0 Å². The first-order chi connectivity index (χ1) is 10.5. The normalized spacial score (nSPS) is 12.1. The molecule has 118 valence electrons. The number of nitrogens with zero attached hydrogens (tertiary/aromatic N) is 3. The van der Waals surface area contributed by atoms with Crippen molar-refractivity contribution in [1.29, 1.82) is 0 Å². The van der Waals surface area contributed by atoms with Crippen LogP contribution in [0.25, 0.3) is 0 Å². The molecular formula is C13H16ClN5O2S. The maximum atomic E-state index is 12.2. The third kappa shape index (κ3) is 3.89. The van der Waals surface area contributed by atoms with E-state index in [1.54, 1.807) is 25.3 Å². The van der Waals surface area contributed by atoms with Crippen LogP contribution >= 0.6 is 23.4 Å². The van der Waals surface area contributed by atoms with Gasteiger partial charge in [-0.3, -0.25) is 9.36 Å². The molecule has 7 nitrogen and oxygen atoms in total. The standard InChI is InChI=1S/C13H16ClN5O2S/c1-3-7-19-12(21)17-18-13(19)22-8(2)11(20)16-9-5-4-6-15-10(9)14/h4-6,8H,3,7H2,1-2H3,(H,16,20)(H,17,21). The zero-order valence-corrected chi connectivity index (χ0v) is 13.7. The molecule has 0 fully saturated rings. The molecule has 1 atom stereocenters. The SMILES string of the molecule is CCCn1c(SC(C)C(=O)Nc2cccnc2Cl)n[nH]c1=O. The smallest absolute Gasteiger partial charge is 0.322 e. The van der Waals surface area contributed by atoms with E-state index < -0.39 is 5.25 Å². The zero-order valence-electron chi connectivity index (χ0n) is 12.2. The Kier molecular flexibility index (Phi) is 5.62. The van der Waals surface area contributed by atoms with Gasteiger partial charge in [0.1, 0.15) is 0 Å². The highest BCUT2D eigenvalue weighted by Gasteiger charge is 2.19. The van der Waals surface area contributed by atoms with Crippen LogP contribution in [0.3, 0.4) is 0 Å². The van der Waals surface area contributed by atoms with E-state index >= 15 is 0 Å². The van der Waals surface area contributed by atoms with Gasteiger partial charge in [-0.2, -0.15) is 0 Å². The maximum absolute atomic E-state index is 12.2. The van der Waals surface area contributed by atoms with Gasteiger partial charge in [-0.1, -0.05) is 30.3 Å². The van der Waals surface area contributed by atoms with E-state index in [4.69, 9.17) is 11.6 Å². The van der Waals surface area contributed by atoms with Gasteiger partial charge in [0.05, 0.1) is 10.9 Å². The Labute approximate surface area is 136 Å². The molecule has 2 heterocycles. The van der Waals surface area contributed by atoms with Crippen LogP contribution in [0.2, 0.25) is 5.15 Å². The Balaban J connectivity index is 2.06. The number of carbonyl (C=O) groups is 1. The van der Waals surface area contributed by atoms with Gasteiger partial charge in [0, 0.05) is 12.7 Å². The second kappa shape index (κ2) is 7.46. The molecule has 0 saturated carbocycles. The van der Waals surface area contributed by atoms with Crippen molar-refractivity contribution < 1.29 is 4.79 Å². The number of nitrogens with one attached hydrogen (secondary N) is 2. The summed E-state index contributed by atoms with van der Waals surface area (Å²) in [6.45, 7) is 4.26. The first kappa shape index (κ1) is 16.6. The molecule has 2 rings (SSSR count). The number of anilines is 1. The predicted molar refractivity (Wildman–Crippen MR) is 86.3 cm³/mol. The number of hydrogen-bond donors (Lipinski definition) is 2. The molecule has 0 aliphatic carbocycles. The van der Waals surface area contributed by atoms with Gasteiger partial charge in [-0.05, 0) is 25.5 Å². The minimum atomic E-state index is -0.443. The van der Waals surface area contributed by atoms with Crippen LogP contribution in [0.1, 0.15) is 20.3 Å². The first-order valence-electron chi connectivity index (χ1n) is 6.76.